The average molecular weight is 435 g/mol. The number of likely N-dealkylation sites (N-methyl/N-ethyl adjacent to an activating group) is 1. The monoisotopic (exact) mass is 435 g/mol. The summed E-state index contributed by atoms with van der Waals surface area (Å²) in [5, 5.41) is 2.45. The van der Waals surface area contributed by atoms with E-state index in [4.69, 9.17) is 4.74 Å². The summed E-state index contributed by atoms with van der Waals surface area (Å²) in [6, 6.07) is 11.2. The number of anilines is 2. The Morgan fingerprint density at radius 2 is 1.87 bits per heavy atom. The van der Waals surface area contributed by atoms with Crippen molar-refractivity contribution in [2.24, 2.45) is 0 Å². The van der Waals surface area contributed by atoms with Crippen LogP contribution in [0.2, 0.25) is 0 Å². The van der Waals surface area contributed by atoms with Crippen LogP contribution in [0.25, 0.3) is 0 Å². The first kappa shape index (κ1) is 22.6. The Bertz CT molecular complexity index is 949. The van der Waals surface area contributed by atoms with Crippen molar-refractivity contribution in [1.29, 1.82) is 0 Å². The maximum atomic E-state index is 13.8. The van der Waals surface area contributed by atoms with Gasteiger partial charge in [-0.25, -0.2) is 0 Å². The molecular weight excluding hydrogens is 411 g/mol. The Morgan fingerprint density at radius 1 is 1.19 bits per heavy atom. The second kappa shape index (κ2) is 9.38. The van der Waals surface area contributed by atoms with Crippen molar-refractivity contribution in [3.05, 3.63) is 54.1 Å². The average Bonchev–Trinajstić information content (AvgIpc) is 2.85. The maximum absolute atomic E-state index is 13.8. The molecule has 0 saturated carbocycles. The molecule has 9 heteroatoms. The Morgan fingerprint density at radius 3 is 2.58 bits per heavy atom. The van der Waals surface area contributed by atoms with Crippen LogP contribution in [0.3, 0.4) is 0 Å². The number of aryl methyl sites for hydroxylation is 1. The Hall–Kier alpha value is -3.07. The lowest BCUT2D eigenvalue weighted by Crippen LogP contribution is -2.52. The van der Waals surface area contributed by atoms with Gasteiger partial charge in [0.05, 0.1) is 24.3 Å². The molecule has 0 bridgehead atoms. The lowest BCUT2D eigenvalue weighted by molar-refractivity contribution is -0.158. The number of carbonyl (C=O) groups excluding carboxylic acids is 2. The van der Waals surface area contributed by atoms with Crippen molar-refractivity contribution in [1.82, 2.24) is 4.90 Å². The lowest BCUT2D eigenvalue weighted by Gasteiger charge is -2.33. The molecule has 1 atom stereocenters. The minimum absolute atomic E-state index is 0.0326. The van der Waals surface area contributed by atoms with Gasteiger partial charge in [0.25, 0.3) is 0 Å². The number of hydrogen-bond acceptors (Lipinski definition) is 4. The Labute approximate surface area is 178 Å². The van der Waals surface area contributed by atoms with E-state index in [9.17, 15) is 22.8 Å². The quantitative estimate of drug-likeness (QED) is 0.753. The summed E-state index contributed by atoms with van der Waals surface area (Å²) < 4.78 is 47.0. The van der Waals surface area contributed by atoms with E-state index in [1.54, 1.807) is 18.0 Å². The number of para-hydroxylation sites is 3. The molecule has 0 radical (unpaired) electrons. The number of alkyl halides is 3. The van der Waals surface area contributed by atoms with Crippen LogP contribution in [-0.2, 0) is 9.59 Å². The molecule has 2 aromatic rings. The summed E-state index contributed by atoms with van der Waals surface area (Å²) in [5.41, 5.74) is 1.18. The fourth-order valence-electron chi connectivity index (χ4n) is 3.41. The minimum Gasteiger partial charge on any atom is -0.492 e. The summed E-state index contributed by atoms with van der Waals surface area (Å²) in [5.74, 6) is -0.819. The molecule has 1 aliphatic heterocycles. The molecule has 0 spiro atoms. The molecule has 1 unspecified atom stereocenters. The molecule has 3 rings (SSSR count). The molecule has 0 saturated heterocycles. The molecule has 1 N–H and O–H groups in total. The van der Waals surface area contributed by atoms with Crippen molar-refractivity contribution in [2.75, 3.05) is 37.0 Å². The molecule has 2 amide bonds. The van der Waals surface area contributed by atoms with Crippen molar-refractivity contribution < 1.29 is 27.5 Å². The van der Waals surface area contributed by atoms with Crippen LogP contribution in [0.15, 0.2) is 48.5 Å². The van der Waals surface area contributed by atoms with Crippen LogP contribution in [0.4, 0.5) is 24.5 Å². The molecule has 1 aliphatic rings. The minimum atomic E-state index is -4.75. The third-order valence-corrected chi connectivity index (χ3v) is 5.00. The van der Waals surface area contributed by atoms with E-state index in [1.165, 1.54) is 18.2 Å². The summed E-state index contributed by atoms with van der Waals surface area (Å²) >= 11 is 0. The van der Waals surface area contributed by atoms with Crippen LogP contribution in [0, 0.1) is 6.92 Å². The van der Waals surface area contributed by atoms with Gasteiger partial charge in [-0.2, -0.15) is 13.2 Å². The number of ether oxygens (including phenoxy) is 1. The summed E-state index contributed by atoms with van der Waals surface area (Å²) in [6.45, 7) is 2.26. The third kappa shape index (κ3) is 5.55. The van der Waals surface area contributed by atoms with E-state index >= 15 is 0 Å². The number of hydrogen-bond donors (Lipinski definition) is 1. The molecule has 166 valence electrons. The highest BCUT2D eigenvalue weighted by molar-refractivity contribution is 6.05. The van der Waals surface area contributed by atoms with E-state index < -0.39 is 30.5 Å². The van der Waals surface area contributed by atoms with Crippen molar-refractivity contribution in [3.8, 4) is 5.75 Å². The van der Waals surface area contributed by atoms with Gasteiger partial charge in [-0.15, -0.1) is 0 Å². The third-order valence-electron chi connectivity index (χ3n) is 5.00. The zero-order chi connectivity index (χ0) is 22.6. The first-order valence-electron chi connectivity index (χ1n) is 9.81. The Kier molecular flexibility index (Phi) is 6.84. The van der Waals surface area contributed by atoms with Gasteiger partial charge < -0.3 is 10.1 Å². The molecule has 0 aliphatic carbocycles. The highest BCUT2D eigenvalue weighted by Gasteiger charge is 2.49. The lowest BCUT2D eigenvalue weighted by atomic mass is 10.1. The highest BCUT2D eigenvalue weighted by atomic mass is 19.4. The van der Waals surface area contributed by atoms with Crippen LogP contribution in [0.5, 0.6) is 5.75 Å². The second-order valence-electron chi connectivity index (χ2n) is 7.44. The standard InChI is InChI=1S/C22H24F3N3O3/c1-15-7-3-6-10-18(15)31-12-11-27(2)14-21(30)28-17-9-5-4-8-16(17)26-20(29)13-19(28)22(23,24)25/h3-10,19H,11-14H2,1-2H3,(H,26,29). The summed E-state index contributed by atoms with van der Waals surface area (Å²) in [4.78, 5) is 27.3. The first-order chi connectivity index (χ1) is 14.7. The normalized spacial score (nSPS) is 16.5. The van der Waals surface area contributed by atoms with Gasteiger partial charge in [-0.05, 0) is 37.7 Å². The van der Waals surface area contributed by atoms with Crippen LogP contribution < -0.4 is 15.0 Å². The van der Waals surface area contributed by atoms with E-state index in [0.717, 1.165) is 5.56 Å². The smallest absolute Gasteiger partial charge is 0.409 e. The molecule has 0 aromatic heterocycles. The largest absolute Gasteiger partial charge is 0.492 e. The zero-order valence-corrected chi connectivity index (χ0v) is 17.3. The zero-order valence-electron chi connectivity index (χ0n) is 17.3. The number of benzene rings is 2. The molecule has 6 nitrogen and oxygen atoms in total. The number of amides is 2. The van der Waals surface area contributed by atoms with Crippen LogP contribution >= 0.6 is 0 Å². The number of carbonyl (C=O) groups is 2. The summed E-state index contributed by atoms with van der Waals surface area (Å²) in [6.07, 6.45) is -5.61. The van der Waals surface area contributed by atoms with Crippen molar-refractivity contribution in [2.45, 2.75) is 25.6 Å². The molecule has 2 aromatic carbocycles. The van der Waals surface area contributed by atoms with E-state index in [0.29, 0.717) is 17.2 Å². The fraction of sp³-hybridized carbons (Fsp3) is 0.364. The van der Waals surface area contributed by atoms with Gasteiger partial charge in [-0.3, -0.25) is 19.4 Å². The van der Waals surface area contributed by atoms with Gasteiger partial charge in [0, 0.05) is 6.54 Å². The maximum Gasteiger partial charge on any atom is 0.409 e. The number of nitrogens with one attached hydrogen (secondary N) is 1. The van der Waals surface area contributed by atoms with E-state index in [2.05, 4.69) is 5.32 Å². The van der Waals surface area contributed by atoms with E-state index in [-0.39, 0.29) is 24.5 Å². The highest BCUT2D eigenvalue weighted by Crippen LogP contribution is 2.37. The number of rotatable bonds is 6. The molecule has 0 fully saturated rings. The Balaban J connectivity index is 1.72. The molecule has 31 heavy (non-hydrogen) atoms. The van der Waals surface area contributed by atoms with Crippen LogP contribution in [-0.4, -0.2) is 55.7 Å². The molecular formula is C22H24F3N3O3. The first-order valence-corrected chi connectivity index (χ1v) is 9.81. The van der Waals surface area contributed by atoms with Gasteiger partial charge in [0.1, 0.15) is 18.4 Å². The predicted molar refractivity (Wildman–Crippen MR) is 111 cm³/mol. The SMILES string of the molecule is Cc1ccccc1OCCN(C)CC(=O)N1c2ccccc2NC(=O)CC1C(F)(F)F. The van der Waals surface area contributed by atoms with Crippen molar-refractivity contribution >= 4 is 23.2 Å². The second-order valence-corrected chi connectivity index (χ2v) is 7.44. The fourth-order valence-corrected chi connectivity index (χ4v) is 3.41. The van der Waals surface area contributed by atoms with E-state index in [1.807, 2.05) is 31.2 Å². The number of fused-ring (bicyclic) bond motifs is 1. The number of nitrogens with zero attached hydrogens (tertiary/aromatic N) is 2. The van der Waals surface area contributed by atoms with Crippen LogP contribution in [0.1, 0.15) is 12.0 Å². The van der Waals surface area contributed by atoms with Gasteiger partial charge in [0.15, 0.2) is 0 Å². The topological polar surface area (TPSA) is 61.9 Å². The summed E-state index contributed by atoms with van der Waals surface area (Å²) in [7, 11) is 1.63. The van der Waals surface area contributed by atoms with Gasteiger partial charge >= 0.3 is 6.18 Å². The van der Waals surface area contributed by atoms with Crippen molar-refractivity contribution in [3.63, 3.8) is 0 Å². The predicted octanol–water partition coefficient (Wildman–Crippen LogP) is 3.61. The van der Waals surface area contributed by atoms with Gasteiger partial charge in [-0.1, -0.05) is 30.3 Å². The van der Waals surface area contributed by atoms with Gasteiger partial charge in [0.2, 0.25) is 11.8 Å². The number of halogens is 3. The molecule has 1 heterocycles.